The Labute approximate surface area is 115 Å². The fourth-order valence-electron chi connectivity index (χ4n) is 1.50. The Balaban J connectivity index is 1.92. The molecule has 3 heteroatoms. The minimum absolute atomic E-state index is 0.302. The SMILES string of the molecule is C=C(C)C(=O)OCCCCCCOc1cc[c]cc1. The number of esters is 1. The van der Waals surface area contributed by atoms with Gasteiger partial charge in [-0.25, -0.2) is 4.79 Å². The zero-order chi connectivity index (χ0) is 13.9. The molecule has 0 heterocycles. The van der Waals surface area contributed by atoms with Crippen LogP contribution in [0.15, 0.2) is 36.4 Å². The first-order valence-electron chi connectivity index (χ1n) is 6.61. The molecule has 0 saturated carbocycles. The van der Waals surface area contributed by atoms with Gasteiger partial charge in [0.05, 0.1) is 13.2 Å². The topological polar surface area (TPSA) is 35.5 Å². The van der Waals surface area contributed by atoms with Gasteiger partial charge in [0.2, 0.25) is 0 Å². The zero-order valence-corrected chi connectivity index (χ0v) is 11.5. The summed E-state index contributed by atoms with van der Waals surface area (Å²) in [5, 5.41) is 0. The fraction of sp³-hybridized carbons (Fsp3) is 0.438. The lowest BCUT2D eigenvalue weighted by atomic mass is 10.2. The second kappa shape index (κ2) is 9.20. The highest BCUT2D eigenvalue weighted by atomic mass is 16.5. The van der Waals surface area contributed by atoms with Crippen molar-refractivity contribution in [2.45, 2.75) is 32.6 Å². The molecule has 0 aromatic heterocycles. The highest BCUT2D eigenvalue weighted by Gasteiger charge is 2.01. The van der Waals surface area contributed by atoms with Crippen molar-refractivity contribution in [2.75, 3.05) is 13.2 Å². The number of carbonyl (C=O) groups excluding carboxylic acids is 1. The molecule has 0 aliphatic carbocycles. The predicted molar refractivity (Wildman–Crippen MR) is 75.0 cm³/mol. The molecule has 0 aliphatic rings. The monoisotopic (exact) mass is 261 g/mol. The third-order valence-electron chi connectivity index (χ3n) is 2.58. The Morgan fingerprint density at radius 3 is 2.42 bits per heavy atom. The molecule has 0 bridgehead atoms. The lowest BCUT2D eigenvalue weighted by molar-refractivity contribution is -0.139. The second-order valence-electron chi connectivity index (χ2n) is 4.41. The Hall–Kier alpha value is -1.77. The summed E-state index contributed by atoms with van der Waals surface area (Å²) < 4.78 is 10.6. The second-order valence-corrected chi connectivity index (χ2v) is 4.41. The lowest BCUT2D eigenvalue weighted by Gasteiger charge is -2.06. The molecule has 1 radical (unpaired) electrons. The van der Waals surface area contributed by atoms with Crippen molar-refractivity contribution in [3.63, 3.8) is 0 Å². The van der Waals surface area contributed by atoms with Crippen molar-refractivity contribution >= 4 is 5.97 Å². The summed E-state index contributed by atoms with van der Waals surface area (Å²) in [4.78, 5) is 11.1. The Bertz CT molecular complexity index is 384. The van der Waals surface area contributed by atoms with Crippen LogP contribution in [0.3, 0.4) is 0 Å². The lowest BCUT2D eigenvalue weighted by Crippen LogP contribution is -2.06. The van der Waals surface area contributed by atoms with Crippen LogP contribution >= 0.6 is 0 Å². The molecule has 1 rings (SSSR count). The van der Waals surface area contributed by atoms with Crippen LogP contribution in [0.4, 0.5) is 0 Å². The molecule has 1 aromatic rings. The van der Waals surface area contributed by atoms with Crippen LogP contribution in [0.5, 0.6) is 5.75 Å². The molecule has 0 saturated heterocycles. The number of rotatable bonds is 9. The molecule has 0 unspecified atom stereocenters. The van der Waals surface area contributed by atoms with E-state index in [0.29, 0.717) is 12.2 Å². The quantitative estimate of drug-likeness (QED) is 0.387. The van der Waals surface area contributed by atoms with Gasteiger partial charge >= 0.3 is 5.97 Å². The standard InChI is InChI=1S/C16H21O3/c1-14(2)16(17)19-13-9-4-3-8-12-18-15-10-6-5-7-11-15/h6-7,10-11H,1,3-4,8-9,12-13H2,2H3. The van der Waals surface area contributed by atoms with Gasteiger partial charge in [0, 0.05) is 5.57 Å². The maximum atomic E-state index is 11.1. The van der Waals surface area contributed by atoms with Crippen molar-refractivity contribution in [2.24, 2.45) is 0 Å². The Kier molecular flexibility index (Phi) is 7.40. The van der Waals surface area contributed by atoms with E-state index in [0.717, 1.165) is 38.0 Å². The van der Waals surface area contributed by atoms with Crippen molar-refractivity contribution in [3.8, 4) is 5.75 Å². The van der Waals surface area contributed by atoms with E-state index in [9.17, 15) is 4.79 Å². The third-order valence-corrected chi connectivity index (χ3v) is 2.58. The van der Waals surface area contributed by atoms with E-state index >= 15 is 0 Å². The molecule has 1 aromatic carbocycles. The molecular weight excluding hydrogens is 240 g/mol. The van der Waals surface area contributed by atoms with Gasteiger partial charge in [0.1, 0.15) is 5.75 Å². The molecule has 0 aliphatic heterocycles. The van der Waals surface area contributed by atoms with Gasteiger partial charge in [-0.05, 0) is 50.8 Å². The van der Waals surface area contributed by atoms with Crippen LogP contribution < -0.4 is 4.74 Å². The number of carbonyl (C=O) groups is 1. The van der Waals surface area contributed by atoms with Gasteiger partial charge in [-0.1, -0.05) is 18.7 Å². The largest absolute Gasteiger partial charge is 0.494 e. The third kappa shape index (κ3) is 7.29. The van der Waals surface area contributed by atoms with Crippen molar-refractivity contribution in [1.82, 2.24) is 0 Å². The number of unbranched alkanes of at least 4 members (excludes halogenated alkanes) is 3. The van der Waals surface area contributed by atoms with Crippen LogP contribution in [0, 0.1) is 6.07 Å². The van der Waals surface area contributed by atoms with Crippen molar-refractivity contribution in [1.29, 1.82) is 0 Å². The summed E-state index contributed by atoms with van der Waals surface area (Å²) in [6, 6.07) is 10.4. The summed E-state index contributed by atoms with van der Waals surface area (Å²) in [6.07, 6.45) is 4.01. The van der Waals surface area contributed by atoms with Gasteiger partial charge in [0.15, 0.2) is 0 Å². The van der Waals surface area contributed by atoms with E-state index in [1.54, 1.807) is 6.92 Å². The molecule has 103 valence electrons. The van der Waals surface area contributed by atoms with Crippen LogP contribution in [-0.2, 0) is 9.53 Å². The maximum Gasteiger partial charge on any atom is 0.333 e. The minimum atomic E-state index is -0.302. The Morgan fingerprint density at radius 2 is 1.79 bits per heavy atom. The molecule has 0 fully saturated rings. The van der Waals surface area contributed by atoms with E-state index in [-0.39, 0.29) is 5.97 Å². The molecule has 0 atom stereocenters. The van der Waals surface area contributed by atoms with Crippen LogP contribution in [0.25, 0.3) is 0 Å². The molecular formula is C16H21O3. The first kappa shape index (κ1) is 15.3. The van der Waals surface area contributed by atoms with Gasteiger partial charge in [-0.2, -0.15) is 0 Å². The highest BCUT2D eigenvalue weighted by Crippen LogP contribution is 2.09. The smallest absolute Gasteiger partial charge is 0.333 e. The summed E-state index contributed by atoms with van der Waals surface area (Å²) in [7, 11) is 0. The van der Waals surface area contributed by atoms with E-state index in [4.69, 9.17) is 9.47 Å². The van der Waals surface area contributed by atoms with E-state index < -0.39 is 0 Å². The number of benzene rings is 1. The van der Waals surface area contributed by atoms with Crippen molar-refractivity contribution < 1.29 is 14.3 Å². The van der Waals surface area contributed by atoms with E-state index in [2.05, 4.69) is 12.6 Å². The van der Waals surface area contributed by atoms with Crippen LogP contribution in [0.2, 0.25) is 0 Å². The zero-order valence-electron chi connectivity index (χ0n) is 11.5. The fourth-order valence-corrected chi connectivity index (χ4v) is 1.50. The average molecular weight is 261 g/mol. The predicted octanol–water partition coefficient (Wildman–Crippen LogP) is 3.55. The first-order valence-corrected chi connectivity index (χ1v) is 6.61. The summed E-state index contributed by atoms with van der Waals surface area (Å²) >= 11 is 0. The summed E-state index contributed by atoms with van der Waals surface area (Å²) in [5.41, 5.74) is 0.452. The van der Waals surface area contributed by atoms with E-state index in [1.807, 2.05) is 24.3 Å². The molecule has 0 N–H and O–H groups in total. The normalized spacial score (nSPS) is 9.95. The number of hydrogen-bond acceptors (Lipinski definition) is 3. The number of ether oxygens (including phenoxy) is 2. The van der Waals surface area contributed by atoms with Gasteiger partial charge in [-0.15, -0.1) is 0 Å². The van der Waals surface area contributed by atoms with Gasteiger partial charge < -0.3 is 9.47 Å². The highest BCUT2D eigenvalue weighted by molar-refractivity contribution is 5.86. The molecule has 3 nitrogen and oxygen atoms in total. The van der Waals surface area contributed by atoms with Crippen LogP contribution in [-0.4, -0.2) is 19.2 Å². The molecule has 0 spiro atoms. The van der Waals surface area contributed by atoms with E-state index in [1.165, 1.54) is 0 Å². The average Bonchev–Trinajstić information content (AvgIpc) is 2.42. The molecule has 0 amide bonds. The first-order chi connectivity index (χ1) is 9.20. The number of hydrogen-bond donors (Lipinski definition) is 0. The minimum Gasteiger partial charge on any atom is -0.494 e. The van der Waals surface area contributed by atoms with Crippen molar-refractivity contribution in [3.05, 3.63) is 42.5 Å². The molecule has 19 heavy (non-hydrogen) atoms. The summed E-state index contributed by atoms with van der Waals surface area (Å²) in [6.45, 7) is 6.37. The Morgan fingerprint density at radius 1 is 1.16 bits per heavy atom. The maximum absolute atomic E-state index is 11.1. The van der Waals surface area contributed by atoms with Gasteiger partial charge in [-0.3, -0.25) is 0 Å². The van der Waals surface area contributed by atoms with Crippen LogP contribution in [0.1, 0.15) is 32.6 Å². The van der Waals surface area contributed by atoms with Gasteiger partial charge in [0.25, 0.3) is 0 Å². The summed E-state index contributed by atoms with van der Waals surface area (Å²) in [5.74, 6) is 0.582.